The summed E-state index contributed by atoms with van der Waals surface area (Å²) in [6.07, 6.45) is 1.88. The molecule has 6 nitrogen and oxygen atoms in total. The van der Waals surface area contributed by atoms with Gasteiger partial charge in [-0.1, -0.05) is 6.08 Å². The van der Waals surface area contributed by atoms with Crippen LogP contribution >= 0.6 is 0 Å². The summed E-state index contributed by atoms with van der Waals surface area (Å²) in [5, 5.41) is 0. The summed E-state index contributed by atoms with van der Waals surface area (Å²) in [5.74, 6) is 0. The molecule has 0 aliphatic heterocycles. The average molecular weight is 177 g/mol. The molecule has 0 fully saturated rings. The van der Waals surface area contributed by atoms with Gasteiger partial charge in [-0.05, 0) is 12.0 Å². The van der Waals surface area contributed by atoms with Crippen LogP contribution in [0, 0.1) is 0 Å². The van der Waals surface area contributed by atoms with Crippen LogP contribution in [0.4, 0.5) is 0 Å². The summed E-state index contributed by atoms with van der Waals surface area (Å²) in [4.78, 5) is 2.07. The minimum atomic E-state index is -4.04. The van der Waals surface area contributed by atoms with Crippen LogP contribution in [0.15, 0.2) is 17.2 Å². The van der Waals surface area contributed by atoms with Crippen molar-refractivity contribution in [3.8, 4) is 0 Å². The predicted octanol–water partition coefficient (Wildman–Crippen LogP) is 1.13. The van der Waals surface area contributed by atoms with E-state index < -0.39 is 10.3 Å². The Morgan fingerprint density at radius 3 is 2.82 bits per heavy atom. The normalized spacial score (nSPS) is 10.2. The lowest BCUT2D eigenvalue weighted by Crippen LogP contribution is -2.01. The number of rotatable bonds is 5. The minimum absolute atomic E-state index is 0.0507. The van der Waals surface area contributed by atoms with Gasteiger partial charge in [-0.3, -0.25) is 4.18 Å². The Kier molecular flexibility index (Phi) is 4.28. The van der Waals surface area contributed by atoms with E-state index in [1.807, 2.05) is 0 Å². The highest BCUT2D eigenvalue weighted by Gasteiger charge is 2.05. The molecule has 0 bridgehead atoms. The highest BCUT2D eigenvalue weighted by Crippen LogP contribution is 1.96. The third-order valence-electron chi connectivity index (χ3n) is 0.691. The minimum Gasteiger partial charge on any atom is -0.264 e. The zero-order valence-corrected chi connectivity index (χ0v) is 6.49. The van der Waals surface area contributed by atoms with Gasteiger partial charge in [-0.2, -0.15) is 8.42 Å². The van der Waals surface area contributed by atoms with Crippen molar-refractivity contribution < 1.29 is 12.6 Å². The van der Waals surface area contributed by atoms with Crippen LogP contribution < -0.4 is 0 Å². The lowest BCUT2D eigenvalue weighted by molar-refractivity contribution is 0.325. The van der Waals surface area contributed by atoms with Crippen LogP contribution in [-0.4, -0.2) is 15.0 Å². The first-order valence-corrected chi connectivity index (χ1v) is 4.05. The van der Waals surface area contributed by atoms with Crippen molar-refractivity contribution in [2.24, 2.45) is 4.52 Å². The maximum atomic E-state index is 10.4. The van der Waals surface area contributed by atoms with Crippen LogP contribution in [0.2, 0.25) is 0 Å². The maximum Gasteiger partial charge on any atom is 0.358 e. The number of azide groups is 1. The molecule has 0 N–H and O–H groups in total. The van der Waals surface area contributed by atoms with Crippen LogP contribution in [0.25, 0.3) is 10.4 Å². The fourth-order valence-electron chi connectivity index (χ4n) is 0.305. The van der Waals surface area contributed by atoms with E-state index >= 15 is 0 Å². The quantitative estimate of drug-likeness (QED) is 0.207. The number of hydrogen-bond acceptors (Lipinski definition) is 3. The Labute approximate surface area is 64.4 Å². The first kappa shape index (κ1) is 9.96. The summed E-state index contributed by atoms with van der Waals surface area (Å²) in [6.45, 7) is 3.30. The van der Waals surface area contributed by atoms with Crippen molar-refractivity contribution in [1.29, 1.82) is 0 Å². The van der Waals surface area contributed by atoms with Crippen molar-refractivity contribution in [3.63, 3.8) is 0 Å². The summed E-state index contributed by atoms with van der Waals surface area (Å²) in [6, 6.07) is 0. The van der Waals surface area contributed by atoms with Crippen molar-refractivity contribution in [2.75, 3.05) is 6.61 Å². The van der Waals surface area contributed by atoms with E-state index in [2.05, 4.69) is 20.2 Å². The van der Waals surface area contributed by atoms with Crippen molar-refractivity contribution in [2.45, 2.75) is 6.42 Å². The van der Waals surface area contributed by atoms with Gasteiger partial charge in [0.2, 0.25) is 0 Å². The molecule has 0 spiro atoms. The second kappa shape index (κ2) is 4.73. The molecule has 11 heavy (non-hydrogen) atoms. The van der Waals surface area contributed by atoms with Gasteiger partial charge in [0.15, 0.2) is 0 Å². The molecule has 62 valence electrons. The van der Waals surface area contributed by atoms with E-state index in [1.165, 1.54) is 6.08 Å². The molecule has 0 aromatic carbocycles. The standard InChI is InChI=1S/C4H7N3O3S/c1-2-3-4-10-11(8,9)7-6-5/h2H,1,3-4H2. The van der Waals surface area contributed by atoms with E-state index in [-0.39, 0.29) is 6.61 Å². The van der Waals surface area contributed by atoms with Gasteiger partial charge in [-0.25, -0.2) is 0 Å². The molecule has 0 rings (SSSR count). The van der Waals surface area contributed by atoms with Crippen molar-refractivity contribution >= 4 is 10.3 Å². The number of hydrogen-bond donors (Lipinski definition) is 0. The second-order valence-corrected chi connectivity index (χ2v) is 2.75. The molecule has 0 unspecified atom stereocenters. The van der Waals surface area contributed by atoms with E-state index in [4.69, 9.17) is 5.53 Å². The Balaban J connectivity index is 3.94. The summed E-state index contributed by atoms with van der Waals surface area (Å²) in [5.41, 5.74) is 7.74. The molecule has 7 heteroatoms. The summed E-state index contributed by atoms with van der Waals surface area (Å²) < 4.78 is 27.5. The fraction of sp³-hybridized carbons (Fsp3) is 0.500. The highest BCUT2D eigenvalue weighted by atomic mass is 32.2. The molecule has 0 atom stereocenters. The SMILES string of the molecule is C=CCCOS(=O)(=O)N=[N+]=[N-]. The van der Waals surface area contributed by atoms with Crippen LogP contribution in [0.1, 0.15) is 6.42 Å². The van der Waals surface area contributed by atoms with Crippen LogP contribution in [-0.2, 0) is 14.5 Å². The first-order valence-electron chi connectivity index (χ1n) is 2.69. The number of nitrogens with zero attached hydrogens (tertiary/aromatic N) is 3. The Hall–Kier alpha value is -1.04. The lowest BCUT2D eigenvalue weighted by atomic mass is 10.5. The second-order valence-electron chi connectivity index (χ2n) is 1.50. The molecular weight excluding hydrogens is 170 g/mol. The van der Waals surface area contributed by atoms with Gasteiger partial charge in [0.25, 0.3) is 0 Å². The Morgan fingerprint density at radius 2 is 2.36 bits per heavy atom. The highest BCUT2D eigenvalue weighted by molar-refractivity contribution is 7.85. The largest absolute Gasteiger partial charge is 0.358 e. The van der Waals surface area contributed by atoms with Gasteiger partial charge in [-0.15, -0.1) is 6.58 Å². The van der Waals surface area contributed by atoms with E-state index in [0.717, 1.165) is 0 Å². The van der Waals surface area contributed by atoms with Crippen LogP contribution in [0.5, 0.6) is 0 Å². The fourth-order valence-corrected chi connectivity index (χ4v) is 0.748. The smallest absolute Gasteiger partial charge is 0.264 e. The lowest BCUT2D eigenvalue weighted by Gasteiger charge is -1.94. The molecule has 0 saturated heterocycles. The molecule has 0 aromatic heterocycles. The zero-order chi connectivity index (χ0) is 8.74. The maximum absolute atomic E-state index is 10.4. The predicted molar refractivity (Wildman–Crippen MR) is 38.8 cm³/mol. The van der Waals surface area contributed by atoms with Gasteiger partial charge < -0.3 is 0 Å². The average Bonchev–Trinajstić information content (AvgIpc) is 1.87. The molecule has 0 saturated carbocycles. The third kappa shape index (κ3) is 5.41. The van der Waals surface area contributed by atoms with E-state index in [0.29, 0.717) is 6.42 Å². The van der Waals surface area contributed by atoms with Crippen molar-refractivity contribution in [1.82, 2.24) is 0 Å². The van der Waals surface area contributed by atoms with Crippen LogP contribution in [0.3, 0.4) is 0 Å². The third-order valence-corrected chi connectivity index (χ3v) is 1.43. The molecule has 0 heterocycles. The van der Waals surface area contributed by atoms with E-state index in [9.17, 15) is 8.42 Å². The molecular formula is C4H7N3O3S. The van der Waals surface area contributed by atoms with Gasteiger partial charge >= 0.3 is 10.3 Å². The Morgan fingerprint density at radius 1 is 1.73 bits per heavy atom. The topological polar surface area (TPSA) is 92.1 Å². The molecule has 0 amide bonds. The van der Waals surface area contributed by atoms with Gasteiger partial charge in [0.05, 0.1) is 11.1 Å². The molecule has 0 aliphatic carbocycles. The van der Waals surface area contributed by atoms with Gasteiger partial charge in [0.1, 0.15) is 0 Å². The zero-order valence-electron chi connectivity index (χ0n) is 5.67. The summed E-state index contributed by atoms with van der Waals surface area (Å²) in [7, 11) is -4.04. The van der Waals surface area contributed by atoms with E-state index in [1.54, 1.807) is 0 Å². The Bertz CT molecular complexity index is 264. The molecule has 0 aromatic rings. The van der Waals surface area contributed by atoms with Crippen molar-refractivity contribution in [3.05, 3.63) is 23.1 Å². The monoisotopic (exact) mass is 177 g/mol. The first-order chi connectivity index (χ1) is 5.12. The molecule has 0 aliphatic rings. The summed E-state index contributed by atoms with van der Waals surface area (Å²) >= 11 is 0. The van der Waals surface area contributed by atoms with Gasteiger partial charge in [0, 0.05) is 4.91 Å². The molecule has 0 radical (unpaired) electrons.